The SMILES string of the molecule is Cc1ccc(S(=O)OC2COC2)cc1. The first kappa shape index (κ1) is 9.83. The van der Waals surface area contributed by atoms with Crippen LogP contribution in [0.3, 0.4) is 0 Å². The number of benzene rings is 1. The zero-order valence-corrected chi connectivity index (χ0v) is 8.75. The van der Waals surface area contributed by atoms with Gasteiger partial charge in [-0.15, -0.1) is 0 Å². The van der Waals surface area contributed by atoms with Crippen molar-refractivity contribution in [3.8, 4) is 0 Å². The van der Waals surface area contributed by atoms with E-state index < -0.39 is 11.1 Å². The highest BCUT2D eigenvalue weighted by molar-refractivity contribution is 7.80. The van der Waals surface area contributed by atoms with E-state index in [1.54, 1.807) is 0 Å². The van der Waals surface area contributed by atoms with Crippen LogP contribution in [0.1, 0.15) is 5.56 Å². The Labute approximate surface area is 85.7 Å². The maximum atomic E-state index is 11.6. The molecule has 1 unspecified atom stereocenters. The van der Waals surface area contributed by atoms with Crippen molar-refractivity contribution in [2.75, 3.05) is 13.2 Å². The van der Waals surface area contributed by atoms with Crippen LogP contribution in [0.2, 0.25) is 0 Å². The van der Waals surface area contributed by atoms with Gasteiger partial charge in [-0.3, -0.25) is 4.18 Å². The van der Waals surface area contributed by atoms with Crippen LogP contribution in [-0.2, 0) is 20.0 Å². The predicted molar refractivity (Wildman–Crippen MR) is 53.3 cm³/mol. The normalized spacial score (nSPS) is 18.9. The first-order valence-corrected chi connectivity index (χ1v) is 5.56. The van der Waals surface area contributed by atoms with Crippen molar-refractivity contribution < 1.29 is 13.1 Å². The Morgan fingerprint density at radius 3 is 2.50 bits per heavy atom. The van der Waals surface area contributed by atoms with Crippen molar-refractivity contribution in [1.29, 1.82) is 0 Å². The second-order valence-electron chi connectivity index (χ2n) is 3.30. The quantitative estimate of drug-likeness (QED) is 0.760. The molecule has 1 atom stereocenters. The van der Waals surface area contributed by atoms with E-state index in [-0.39, 0.29) is 6.10 Å². The molecule has 14 heavy (non-hydrogen) atoms. The van der Waals surface area contributed by atoms with Crippen LogP contribution in [0.15, 0.2) is 29.2 Å². The van der Waals surface area contributed by atoms with E-state index in [4.69, 9.17) is 8.92 Å². The Kier molecular flexibility index (Phi) is 2.96. The summed E-state index contributed by atoms with van der Waals surface area (Å²) >= 11 is -1.35. The van der Waals surface area contributed by atoms with E-state index in [9.17, 15) is 4.21 Å². The minimum atomic E-state index is -1.35. The largest absolute Gasteiger partial charge is 0.376 e. The topological polar surface area (TPSA) is 35.5 Å². The van der Waals surface area contributed by atoms with Gasteiger partial charge in [0, 0.05) is 0 Å². The lowest BCUT2D eigenvalue weighted by Crippen LogP contribution is -2.36. The molecule has 1 aromatic rings. The van der Waals surface area contributed by atoms with Crippen LogP contribution in [0, 0.1) is 6.92 Å². The number of aryl methyl sites for hydroxylation is 1. The molecule has 0 radical (unpaired) electrons. The van der Waals surface area contributed by atoms with E-state index >= 15 is 0 Å². The van der Waals surface area contributed by atoms with Gasteiger partial charge in [0.1, 0.15) is 6.10 Å². The summed E-state index contributed by atoms with van der Waals surface area (Å²) in [7, 11) is 0. The van der Waals surface area contributed by atoms with Gasteiger partial charge >= 0.3 is 0 Å². The molecule has 1 aliphatic heterocycles. The van der Waals surface area contributed by atoms with Gasteiger partial charge in [0.2, 0.25) is 0 Å². The Hall–Kier alpha value is -0.710. The van der Waals surface area contributed by atoms with Crippen molar-refractivity contribution in [1.82, 2.24) is 0 Å². The van der Waals surface area contributed by atoms with Gasteiger partial charge in [-0.1, -0.05) is 17.7 Å². The van der Waals surface area contributed by atoms with Crippen LogP contribution < -0.4 is 0 Å². The molecule has 1 aromatic carbocycles. The molecule has 1 aliphatic rings. The molecular formula is C10H12O3S. The molecule has 76 valence electrons. The summed E-state index contributed by atoms with van der Waals surface area (Å²) < 4.78 is 21.8. The molecule has 1 fully saturated rings. The van der Waals surface area contributed by atoms with Gasteiger partial charge in [0.05, 0.1) is 18.1 Å². The van der Waals surface area contributed by atoms with Crippen molar-refractivity contribution in [2.24, 2.45) is 0 Å². The number of rotatable bonds is 3. The standard InChI is InChI=1S/C10H12O3S/c1-8-2-4-10(5-3-8)14(11)13-9-6-12-7-9/h2-5,9H,6-7H2,1H3. The molecule has 0 N–H and O–H groups in total. The summed E-state index contributed by atoms with van der Waals surface area (Å²) in [5.41, 5.74) is 1.15. The Balaban J connectivity index is 1.99. The molecule has 1 saturated heterocycles. The monoisotopic (exact) mass is 212 g/mol. The van der Waals surface area contributed by atoms with Gasteiger partial charge < -0.3 is 4.74 Å². The molecule has 0 aliphatic carbocycles. The molecule has 1 heterocycles. The lowest BCUT2D eigenvalue weighted by molar-refractivity contribution is -0.0743. The molecule has 0 aromatic heterocycles. The lowest BCUT2D eigenvalue weighted by Gasteiger charge is -2.24. The highest BCUT2D eigenvalue weighted by Crippen LogP contribution is 2.14. The predicted octanol–water partition coefficient (Wildman–Crippen LogP) is 1.43. The molecule has 0 amide bonds. The number of ether oxygens (including phenoxy) is 1. The van der Waals surface area contributed by atoms with Gasteiger partial charge in [-0.2, -0.15) is 0 Å². The van der Waals surface area contributed by atoms with Gasteiger partial charge in [-0.05, 0) is 19.1 Å². The third kappa shape index (κ3) is 2.20. The van der Waals surface area contributed by atoms with Crippen molar-refractivity contribution in [3.05, 3.63) is 29.8 Å². The molecule has 2 rings (SSSR count). The lowest BCUT2D eigenvalue weighted by atomic mass is 10.2. The second-order valence-corrected chi connectivity index (χ2v) is 4.44. The maximum absolute atomic E-state index is 11.6. The zero-order chi connectivity index (χ0) is 9.97. The van der Waals surface area contributed by atoms with Crippen LogP contribution in [0.4, 0.5) is 0 Å². The molecular weight excluding hydrogens is 200 g/mol. The van der Waals surface area contributed by atoms with Gasteiger partial charge in [0.25, 0.3) is 0 Å². The van der Waals surface area contributed by atoms with Crippen LogP contribution in [-0.4, -0.2) is 23.5 Å². The van der Waals surface area contributed by atoms with Crippen LogP contribution in [0.25, 0.3) is 0 Å². The summed E-state index contributed by atoms with van der Waals surface area (Å²) in [5, 5.41) is 0. The fourth-order valence-corrected chi connectivity index (χ4v) is 1.93. The van der Waals surface area contributed by atoms with Crippen LogP contribution in [0.5, 0.6) is 0 Å². The summed E-state index contributed by atoms with van der Waals surface area (Å²) in [6.07, 6.45) is -0.00265. The number of hydrogen-bond acceptors (Lipinski definition) is 3. The van der Waals surface area contributed by atoms with Gasteiger partial charge in [0.15, 0.2) is 11.1 Å². The average Bonchev–Trinajstić information content (AvgIpc) is 2.12. The molecule has 0 spiro atoms. The van der Waals surface area contributed by atoms with Crippen molar-refractivity contribution >= 4 is 11.1 Å². The summed E-state index contributed by atoms with van der Waals surface area (Å²) in [6, 6.07) is 7.50. The Morgan fingerprint density at radius 1 is 1.36 bits per heavy atom. The van der Waals surface area contributed by atoms with E-state index in [1.165, 1.54) is 0 Å². The summed E-state index contributed by atoms with van der Waals surface area (Å²) in [6.45, 7) is 3.10. The van der Waals surface area contributed by atoms with E-state index in [0.717, 1.165) is 5.56 Å². The van der Waals surface area contributed by atoms with E-state index in [1.807, 2.05) is 31.2 Å². The van der Waals surface area contributed by atoms with Crippen LogP contribution >= 0.6 is 0 Å². The third-order valence-electron chi connectivity index (χ3n) is 2.04. The minimum absolute atomic E-state index is 0.00265. The maximum Gasteiger partial charge on any atom is 0.189 e. The highest BCUT2D eigenvalue weighted by atomic mass is 32.2. The highest BCUT2D eigenvalue weighted by Gasteiger charge is 2.22. The Bertz CT molecular complexity index is 330. The van der Waals surface area contributed by atoms with E-state index in [0.29, 0.717) is 18.1 Å². The summed E-state index contributed by atoms with van der Waals surface area (Å²) in [5.74, 6) is 0. The van der Waals surface area contributed by atoms with Gasteiger partial charge in [-0.25, -0.2) is 4.21 Å². The molecule has 3 nitrogen and oxygen atoms in total. The summed E-state index contributed by atoms with van der Waals surface area (Å²) in [4.78, 5) is 0.711. The fraction of sp³-hybridized carbons (Fsp3) is 0.400. The zero-order valence-electron chi connectivity index (χ0n) is 7.93. The molecule has 4 heteroatoms. The molecule has 0 bridgehead atoms. The number of hydrogen-bond donors (Lipinski definition) is 0. The average molecular weight is 212 g/mol. The first-order chi connectivity index (χ1) is 6.75. The molecule has 0 saturated carbocycles. The fourth-order valence-electron chi connectivity index (χ4n) is 1.10. The second kappa shape index (κ2) is 4.21. The third-order valence-corrected chi connectivity index (χ3v) is 3.15. The van der Waals surface area contributed by atoms with Crippen molar-refractivity contribution in [2.45, 2.75) is 17.9 Å². The Morgan fingerprint density at radius 2 is 2.00 bits per heavy atom. The van der Waals surface area contributed by atoms with Crippen molar-refractivity contribution in [3.63, 3.8) is 0 Å². The minimum Gasteiger partial charge on any atom is -0.376 e. The van der Waals surface area contributed by atoms with E-state index in [2.05, 4.69) is 0 Å². The smallest absolute Gasteiger partial charge is 0.189 e. The first-order valence-electron chi connectivity index (χ1n) is 4.49.